The molecule has 2 heterocycles. The molecule has 4 N–H and O–H groups in total. The SMILES string of the molecule is CCN1CCN(C2CCN(C(=O)[C@H](NC(=O)Nc3ccc(Cl)cc3)c3ccccc3)CC2)CC1.O=C(O)C(F)(F)F.O=C(O)C(F)(F)F. The molecule has 2 saturated heterocycles. The first-order valence-corrected chi connectivity index (χ1v) is 15.0. The number of carbonyl (C=O) groups excluding carboxylic acids is 2. The molecule has 4 rings (SSSR count). The van der Waals surface area contributed by atoms with E-state index in [2.05, 4.69) is 27.4 Å². The Morgan fingerprint density at radius 3 is 1.73 bits per heavy atom. The molecular formula is C30H36ClF6N5O6. The third kappa shape index (κ3) is 13.6. The van der Waals surface area contributed by atoms with Gasteiger partial charge in [0.1, 0.15) is 6.04 Å². The number of rotatable bonds is 6. The topological polar surface area (TPSA) is 143 Å². The van der Waals surface area contributed by atoms with Crippen LogP contribution >= 0.6 is 11.6 Å². The van der Waals surface area contributed by atoms with Gasteiger partial charge in [0, 0.05) is 56.0 Å². The van der Waals surface area contributed by atoms with Crippen LogP contribution in [0.2, 0.25) is 5.02 Å². The lowest BCUT2D eigenvalue weighted by molar-refractivity contribution is -0.193. The first kappa shape index (κ1) is 40.1. The van der Waals surface area contributed by atoms with E-state index in [0.29, 0.717) is 29.8 Å². The van der Waals surface area contributed by atoms with E-state index in [4.69, 9.17) is 31.4 Å². The number of urea groups is 1. The number of aliphatic carboxylic acids is 2. The van der Waals surface area contributed by atoms with Crippen molar-refractivity contribution in [2.24, 2.45) is 0 Å². The minimum Gasteiger partial charge on any atom is -0.475 e. The Balaban J connectivity index is 0.000000479. The van der Waals surface area contributed by atoms with Gasteiger partial charge in [0.15, 0.2) is 0 Å². The molecule has 18 heteroatoms. The quantitative estimate of drug-likeness (QED) is 0.304. The average Bonchev–Trinajstić information content (AvgIpc) is 3.04. The van der Waals surface area contributed by atoms with Crippen LogP contribution in [0, 0.1) is 0 Å². The Morgan fingerprint density at radius 2 is 1.29 bits per heavy atom. The van der Waals surface area contributed by atoms with E-state index >= 15 is 0 Å². The fraction of sp³-hybridized carbons (Fsp3) is 0.467. The maximum atomic E-state index is 13.5. The highest BCUT2D eigenvalue weighted by molar-refractivity contribution is 6.30. The summed E-state index contributed by atoms with van der Waals surface area (Å²) in [4.78, 5) is 51.0. The van der Waals surface area contributed by atoms with Gasteiger partial charge in [0.05, 0.1) is 0 Å². The highest BCUT2D eigenvalue weighted by Gasteiger charge is 2.39. The summed E-state index contributed by atoms with van der Waals surface area (Å²) in [6.45, 7) is 9.20. The van der Waals surface area contributed by atoms with Crippen LogP contribution in [0.25, 0.3) is 0 Å². The minimum atomic E-state index is -5.08. The zero-order valence-corrected chi connectivity index (χ0v) is 26.5. The smallest absolute Gasteiger partial charge is 0.475 e. The zero-order chi connectivity index (χ0) is 36.1. The fourth-order valence-corrected chi connectivity index (χ4v) is 4.97. The van der Waals surface area contributed by atoms with Gasteiger partial charge in [0.2, 0.25) is 5.91 Å². The van der Waals surface area contributed by atoms with Crippen LogP contribution in [0.1, 0.15) is 31.4 Å². The van der Waals surface area contributed by atoms with Gasteiger partial charge in [-0.2, -0.15) is 26.3 Å². The standard InChI is InChI=1S/C26H34ClN5O2.2C2HF3O2/c1-2-30-16-18-31(19-17-30)23-12-14-32(15-13-23)25(33)24(20-6-4-3-5-7-20)29-26(34)28-22-10-8-21(27)9-11-22;2*3-2(4,5)1(6)7/h3-11,23-24H,2,12-19H2,1H3,(H2,28,29,34);2*(H,6,7)/t24-;;/m1../s1. The number of piperazine rings is 1. The Morgan fingerprint density at radius 1 is 0.812 bits per heavy atom. The van der Waals surface area contributed by atoms with Gasteiger partial charge in [-0.15, -0.1) is 0 Å². The second-order valence-electron chi connectivity index (χ2n) is 10.6. The summed E-state index contributed by atoms with van der Waals surface area (Å²) >= 11 is 5.93. The Bertz CT molecular complexity index is 1310. The zero-order valence-electron chi connectivity index (χ0n) is 25.7. The van der Waals surface area contributed by atoms with Crippen LogP contribution in [0.15, 0.2) is 54.6 Å². The monoisotopic (exact) mass is 711 g/mol. The normalized spacial score (nSPS) is 16.7. The first-order chi connectivity index (χ1) is 22.4. The lowest BCUT2D eigenvalue weighted by Crippen LogP contribution is -2.54. The van der Waals surface area contributed by atoms with Gasteiger partial charge in [-0.1, -0.05) is 48.9 Å². The molecule has 1 atom stereocenters. The van der Waals surface area contributed by atoms with Crippen LogP contribution in [0.3, 0.4) is 0 Å². The Hall–Kier alpha value is -4.09. The average molecular weight is 712 g/mol. The number of benzene rings is 2. The summed E-state index contributed by atoms with van der Waals surface area (Å²) in [5.41, 5.74) is 1.39. The predicted molar refractivity (Wildman–Crippen MR) is 163 cm³/mol. The molecule has 0 spiro atoms. The van der Waals surface area contributed by atoms with Crippen LogP contribution in [0.5, 0.6) is 0 Å². The third-order valence-corrected chi connectivity index (χ3v) is 7.64. The van der Waals surface area contributed by atoms with E-state index in [-0.39, 0.29) is 5.91 Å². The number of piperidine rings is 1. The molecule has 0 bridgehead atoms. The van der Waals surface area contributed by atoms with Gasteiger partial charge in [0.25, 0.3) is 0 Å². The number of carboxylic acid groups (broad SMARTS) is 2. The summed E-state index contributed by atoms with van der Waals surface area (Å²) in [5.74, 6) is -5.58. The molecule has 2 aliphatic heterocycles. The molecule has 0 unspecified atom stereocenters. The van der Waals surface area contributed by atoms with Crippen molar-refractivity contribution in [2.75, 3.05) is 51.1 Å². The second kappa shape index (κ2) is 18.5. The van der Waals surface area contributed by atoms with E-state index in [1.165, 1.54) is 0 Å². The molecule has 2 aliphatic rings. The maximum Gasteiger partial charge on any atom is 0.490 e. The number of nitrogens with one attached hydrogen (secondary N) is 2. The second-order valence-corrected chi connectivity index (χ2v) is 11.0. The van der Waals surface area contributed by atoms with Gasteiger partial charge >= 0.3 is 30.3 Å². The molecule has 0 aliphatic carbocycles. The van der Waals surface area contributed by atoms with Gasteiger partial charge in [-0.05, 0) is 49.2 Å². The number of hydrogen-bond acceptors (Lipinski definition) is 6. The molecule has 0 radical (unpaired) electrons. The number of anilines is 1. The number of nitrogens with zero attached hydrogens (tertiary/aromatic N) is 3. The van der Waals surface area contributed by atoms with E-state index in [1.807, 2.05) is 35.2 Å². The van der Waals surface area contributed by atoms with Crippen LogP contribution < -0.4 is 10.6 Å². The highest BCUT2D eigenvalue weighted by atomic mass is 35.5. The van der Waals surface area contributed by atoms with Crippen molar-refractivity contribution in [1.29, 1.82) is 0 Å². The molecule has 0 saturated carbocycles. The number of halogens is 7. The largest absolute Gasteiger partial charge is 0.490 e. The van der Waals surface area contributed by atoms with Crippen LogP contribution in [-0.4, -0.2) is 113 Å². The first-order valence-electron chi connectivity index (χ1n) is 14.7. The Kier molecular flexibility index (Phi) is 15.4. The van der Waals surface area contributed by atoms with Crippen molar-refractivity contribution in [3.63, 3.8) is 0 Å². The number of carboxylic acids is 2. The van der Waals surface area contributed by atoms with Gasteiger partial charge in [-0.3, -0.25) is 9.69 Å². The molecule has 48 heavy (non-hydrogen) atoms. The van der Waals surface area contributed by atoms with E-state index in [0.717, 1.165) is 51.1 Å². The minimum absolute atomic E-state index is 0.0632. The summed E-state index contributed by atoms with van der Waals surface area (Å²) < 4.78 is 63.5. The molecule has 0 aromatic heterocycles. The number of likely N-dealkylation sites (tertiary alicyclic amines) is 1. The van der Waals surface area contributed by atoms with E-state index in [1.54, 1.807) is 24.3 Å². The van der Waals surface area contributed by atoms with Gasteiger partial charge in [-0.25, -0.2) is 14.4 Å². The molecule has 3 amide bonds. The van der Waals surface area contributed by atoms with Gasteiger partial charge < -0.3 is 30.6 Å². The number of hydrogen-bond donors (Lipinski definition) is 4. The van der Waals surface area contributed by atoms with Crippen molar-refractivity contribution >= 4 is 41.2 Å². The van der Waals surface area contributed by atoms with Crippen molar-refractivity contribution < 1.29 is 55.7 Å². The number of alkyl halides is 6. The number of carbonyl (C=O) groups is 4. The summed E-state index contributed by atoms with van der Waals surface area (Å²) in [6, 6.07) is 15.7. The highest BCUT2D eigenvalue weighted by Crippen LogP contribution is 2.23. The fourth-order valence-electron chi connectivity index (χ4n) is 4.84. The molecule has 2 aromatic rings. The number of amides is 3. The lowest BCUT2D eigenvalue weighted by atomic mass is 9.99. The van der Waals surface area contributed by atoms with Crippen molar-refractivity contribution in [3.05, 3.63) is 65.2 Å². The number of likely N-dealkylation sites (N-methyl/N-ethyl adjacent to an activating group) is 1. The summed E-state index contributed by atoms with van der Waals surface area (Å²) in [5, 5.41) is 20.5. The van der Waals surface area contributed by atoms with E-state index < -0.39 is 36.4 Å². The van der Waals surface area contributed by atoms with Crippen molar-refractivity contribution in [3.8, 4) is 0 Å². The predicted octanol–water partition coefficient (Wildman–Crippen LogP) is 5.10. The molecule has 11 nitrogen and oxygen atoms in total. The molecule has 266 valence electrons. The summed E-state index contributed by atoms with van der Waals surface area (Å²) in [7, 11) is 0. The molecular weight excluding hydrogens is 676 g/mol. The van der Waals surface area contributed by atoms with Crippen LogP contribution in [0.4, 0.5) is 36.8 Å². The van der Waals surface area contributed by atoms with Crippen molar-refractivity contribution in [1.82, 2.24) is 20.0 Å². The summed E-state index contributed by atoms with van der Waals surface area (Å²) in [6.07, 6.45) is -8.23. The van der Waals surface area contributed by atoms with Crippen LogP contribution in [-0.2, 0) is 14.4 Å². The molecule has 2 aromatic carbocycles. The molecule has 2 fully saturated rings. The third-order valence-electron chi connectivity index (χ3n) is 7.39. The Labute approximate surface area is 277 Å². The maximum absolute atomic E-state index is 13.5. The van der Waals surface area contributed by atoms with E-state index in [9.17, 15) is 35.9 Å². The van der Waals surface area contributed by atoms with Crippen molar-refractivity contribution in [2.45, 2.75) is 44.2 Å². The lowest BCUT2D eigenvalue weighted by Gasteiger charge is -2.43.